The van der Waals surface area contributed by atoms with E-state index < -0.39 is 9.84 Å². The lowest BCUT2D eigenvalue weighted by atomic mass is 10.3. The third-order valence-electron chi connectivity index (χ3n) is 2.40. The van der Waals surface area contributed by atoms with Crippen molar-refractivity contribution < 1.29 is 8.42 Å². The number of nitrogen functional groups attached to an aromatic ring is 1. The van der Waals surface area contributed by atoms with E-state index in [0.29, 0.717) is 17.0 Å². The van der Waals surface area contributed by atoms with E-state index in [-0.39, 0.29) is 5.75 Å². The topological polar surface area (TPSA) is 75.4 Å². The minimum atomic E-state index is -3.18. The van der Waals surface area contributed by atoms with Crippen molar-refractivity contribution >= 4 is 15.5 Å². The average Bonchev–Trinajstić information content (AvgIpc) is 2.28. The predicted molar refractivity (Wildman–Crippen MR) is 69.5 cm³/mol. The van der Waals surface area contributed by atoms with E-state index in [1.165, 1.54) is 0 Å². The summed E-state index contributed by atoms with van der Waals surface area (Å²) in [5.74, 6) is 5.38. The fourth-order valence-electron chi connectivity index (χ4n) is 1.45. The van der Waals surface area contributed by atoms with Gasteiger partial charge in [-0.25, -0.2) is 8.42 Å². The summed E-state index contributed by atoms with van der Waals surface area (Å²) < 4.78 is 23.9. The highest BCUT2D eigenvalue weighted by molar-refractivity contribution is 7.91. The Morgan fingerprint density at radius 3 is 2.29 bits per heavy atom. The van der Waals surface area contributed by atoms with Gasteiger partial charge in [-0.3, -0.25) is 5.84 Å². The average molecular weight is 257 g/mol. The molecule has 0 fully saturated rings. The van der Waals surface area contributed by atoms with Crippen molar-refractivity contribution in [2.24, 2.45) is 5.84 Å². The summed E-state index contributed by atoms with van der Waals surface area (Å²) in [7, 11) is 0.674. The first-order valence-electron chi connectivity index (χ1n) is 5.40. The SMILES string of the molecule is CN(C)CCCS(=O)(=O)c1ccc(NN)cc1. The zero-order chi connectivity index (χ0) is 12.9. The van der Waals surface area contributed by atoms with Gasteiger partial charge in [-0.1, -0.05) is 0 Å². The highest BCUT2D eigenvalue weighted by Gasteiger charge is 2.13. The second-order valence-corrected chi connectivity index (χ2v) is 6.25. The molecule has 1 aromatic rings. The van der Waals surface area contributed by atoms with E-state index >= 15 is 0 Å². The van der Waals surface area contributed by atoms with Gasteiger partial charge in [0.1, 0.15) is 0 Å². The third kappa shape index (κ3) is 4.33. The van der Waals surface area contributed by atoms with Crippen molar-refractivity contribution in [3.8, 4) is 0 Å². The van der Waals surface area contributed by atoms with Crippen molar-refractivity contribution in [1.82, 2.24) is 4.90 Å². The Labute approximate surface area is 103 Å². The van der Waals surface area contributed by atoms with E-state index in [1.807, 2.05) is 19.0 Å². The number of nitrogens with one attached hydrogen (secondary N) is 1. The summed E-state index contributed by atoms with van der Waals surface area (Å²) in [6.45, 7) is 0.766. The predicted octanol–water partition coefficient (Wildman–Crippen LogP) is 0.698. The number of nitrogens with two attached hydrogens (primary N) is 1. The molecule has 0 bridgehead atoms. The Kier molecular flexibility index (Phi) is 4.92. The molecule has 1 rings (SSSR count). The Balaban J connectivity index is 2.68. The maximum absolute atomic E-state index is 11.9. The van der Waals surface area contributed by atoms with Gasteiger partial charge in [-0.05, 0) is 51.3 Å². The molecule has 96 valence electrons. The van der Waals surface area contributed by atoms with Gasteiger partial charge in [-0.15, -0.1) is 0 Å². The second-order valence-electron chi connectivity index (χ2n) is 4.14. The van der Waals surface area contributed by atoms with Crippen LogP contribution in [0.5, 0.6) is 0 Å². The number of hydrogen-bond donors (Lipinski definition) is 2. The highest BCUT2D eigenvalue weighted by Crippen LogP contribution is 2.15. The molecular formula is C11H19N3O2S. The molecule has 0 radical (unpaired) electrons. The fourth-order valence-corrected chi connectivity index (χ4v) is 2.74. The molecule has 0 spiro atoms. The smallest absolute Gasteiger partial charge is 0.178 e. The van der Waals surface area contributed by atoms with E-state index in [4.69, 9.17) is 5.84 Å². The van der Waals surface area contributed by atoms with Crippen LogP contribution in [0.4, 0.5) is 5.69 Å². The molecule has 17 heavy (non-hydrogen) atoms. The molecule has 3 N–H and O–H groups in total. The maximum atomic E-state index is 11.9. The van der Waals surface area contributed by atoms with Crippen LogP contribution in [-0.2, 0) is 9.84 Å². The standard InChI is InChI=1S/C11H19N3O2S/c1-14(2)8-3-9-17(15,16)11-6-4-10(13-12)5-7-11/h4-7,13H,3,8-9,12H2,1-2H3. The fraction of sp³-hybridized carbons (Fsp3) is 0.455. The number of sulfone groups is 1. The molecule has 0 aromatic heterocycles. The Hall–Kier alpha value is -1.11. The van der Waals surface area contributed by atoms with Crippen LogP contribution in [0.25, 0.3) is 0 Å². The van der Waals surface area contributed by atoms with Crippen molar-refractivity contribution in [1.29, 1.82) is 0 Å². The molecule has 0 unspecified atom stereocenters. The number of anilines is 1. The van der Waals surface area contributed by atoms with Gasteiger partial charge >= 0.3 is 0 Å². The summed E-state index contributed by atoms with van der Waals surface area (Å²) in [4.78, 5) is 2.31. The Bertz CT molecular complexity index is 440. The van der Waals surface area contributed by atoms with Crippen molar-refractivity contribution in [2.45, 2.75) is 11.3 Å². The summed E-state index contributed by atoms with van der Waals surface area (Å²) >= 11 is 0. The lowest BCUT2D eigenvalue weighted by Crippen LogP contribution is -2.17. The summed E-state index contributed by atoms with van der Waals surface area (Å²) in [6.07, 6.45) is 0.631. The van der Waals surface area contributed by atoms with E-state index in [1.54, 1.807) is 24.3 Å². The number of hydrogen-bond acceptors (Lipinski definition) is 5. The molecule has 0 saturated heterocycles. The number of benzene rings is 1. The van der Waals surface area contributed by atoms with Crippen LogP contribution >= 0.6 is 0 Å². The molecule has 6 heteroatoms. The van der Waals surface area contributed by atoms with Crippen molar-refractivity contribution in [2.75, 3.05) is 31.8 Å². The molecule has 1 aromatic carbocycles. The van der Waals surface area contributed by atoms with Crippen molar-refractivity contribution in [3.63, 3.8) is 0 Å². The van der Waals surface area contributed by atoms with Crippen LogP contribution in [0, 0.1) is 0 Å². The van der Waals surface area contributed by atoms with Gasteiger partial charge in [0, 0.05) is 5.69 Å². The van der Waals surface area contributed by atoms with Crippen LogP contribution in [0.2, 0.25) is 0 Å². The van der Waals surface area contributed by atoms with Crippen LogP contribution in [0.15, 0.2) is 29.2 Å². The molecule has 0 atom stereocenters. The lowest BCUT2D eigenvalue weighted by molar-refractivity contribution is 0.408. The summed E-state index contributed by atoms with van der Waals surface area (Å²) in [5, 5.41) is 0. The van der Waals surface area contributed by atoms with Crippen LogP contribution in [0.1, 0.15) is 6.42 Å². The molecular weight excluding hydrogens is 238 g/mol. The lowest BCUT2D eigenvalue weighted by Gasteiger charge is -2.09. The zero-order valence-electron chi connectivity index (χ0n) is 10.2. The number of hydrazine groups is 1. The van der Waals surface area contributed by atoms with Gasteiger partial charge < -0.3 is 10.3 Å². The summed E-state index contributed by atoms with van der Waals surface area (Å²) in [6, 6.07) is 6.44. The first-order valence-corrected chi connectivity index (χ1v) is 7.05. The first-order chi connectivity index (χ1) is 7.95. The van der Waals surface area contributed by atoms with Gasteiger partial charge in [0.15, 0.2) is 9.84 Å². The van der Waals surface area contributed by atoms with Crippen molar-refractivity contribution in [3.05, 3.63) is 24.3 Å². The highest BCUT2D eigenvalue weighted by atomic mass is 32.2. The zero-order valence-corrected chi connectivity index (χ0v) is 11.0. The van der Waals surface area contributed by atoms with Crippen LogP contribution in [-0.4, -0.2) is 39.7 Å². The molecule has 0 aliphatic rings. The molecule has 0 heterocycles. The molecule has 0 amide bonds. The molecule has 0 saturated carbocycles. The van der Waals surface area contributed by atoms with E-state index in [9.17, 15) is 8.42 Å². The molecule has 0 aliphatic heterocycles. The Morgan fingerprint density at radius 2 is 1.82 bits per heavy atom. The largest absolute Gasteiger partial charge is 0.324 e. The van der Waals surface area contributed by atoms with Gasteiger partial charge in [-0.2, -0.15) is 0 Å². The minimum absolute atomic E-state index is 0.167. The number of rotatable bonds is 6. The number of nitrogens with zero attached hydrogens (tertiary/aromatic N) is 1. The monoisotopic (exact) mass is 257 g/mol. The van der Waals surface area contributed by atoms with Gasteiger partial charge in [0.25, 0.3) is 0 Å². The van der Waals surface area contributed by atoms with E-state index in [0.717, 1.165) is 6.54 Å². The van der Waals surface area contributed by atoms with Gasteiger partial charge in [0.2, 0.25) is 0 Å². The van der Waals surface area contributed by atoms with Gasteiger partial charge in [0.05, 0.1) is 10.6 Å². The Morgan fingerprint density at radius 1 is 1.24 bits per heavy atom. The van der Waals surface area contributed by atoms with Crippen LogP contribution < -0.4 is 11.3 Å². The maximum Gasteiger partial charge on any atom is 0.178 e. The van der Waals surface area contributed by atoms with E-state index in [2.05, 4.69) is 5.43 Å². The minimum Gasteiger partial charge on any atom is -0.324 e. The molecule has 5 nitrogen and oxygen atoms in total. The van der Waals surface area contributed by atoms with Crippen LogP contribution in [0.3, 0.4) is 0 Å². The first kappa shape index (κ1) is 14.0. The molecule has 0 aliphatic carbocycles. The second kappa shape index (κ2) is 6.00. The quantitative estimate of drug-likeness (QED) is 0.579. The summed E-state index contributed by atoms with van der Waals surface area (Å²) in [5.41, 5.74) is 3.15. The normalized spacial score (nSPS) is 11.8. The third-order valence-corrected chi connectivity index (χ3v) is 4.22.